The summed E-state index contributed by atoms with van der Waals surface area (Å²) in [6.07, 6.45) is 0.114. The molecule has 0 aliphatic carbocycles. The van der Waals surface area contributed by atoms with Crippen molar-refractivity contribution in [2.45, 2.75) is 12.2 Å². The van der Waals surface area contributed by atoms with Crippen LogP contribution in [-0.2, 0) is 9.05 Å². The lowest BCUT2D eigenvalue weighted by Gasteiger charge is -2.12. The first kappa shape index (κ1) is 13.4. The van der Waals surface area contributed by atoms with Crippen LogP contribution >= 0.6 is 8.02 Å². The fraction of sp³-hybridized carbons (Fsp3) is 0.250. The zero-order chi connectivity index (χ0) is 14.1. The Bertz CT molecular complexity index is 553. The first-order chi connectivity index (χ1) is 10.3. The van der Waals surface area contributed by atoms with Crippen molar-refractivity contribution in [2.75, 3.05) is 13.1 Å². The van der Waals surface area contributed by atoms with Crippen molar-refractivity contribution in [3.8, 4) is 0 Å². The van der Waals surface area contributed by atoms with Crippen LogP contribution in [0.5, 0.6) is 0 Å². The number of hydrogen-bond donors (Lipinski definition) is 2. The summed E-state index contributed by atoms with van der Waals surface area (Å²) >= 11 is 0. The van der Waals surface area contributed by atoms with Gasteiger partial charge >= 0.3 is 8.02 Å². The van der Waals surface area contributed by atoms with Gasteiger partial charge in [-0.1, -0.05) is 60.7 Å². The van der Waals surface area contributed by atoms with E-state index in [-0.39, 0.29) is 12.2 Å². The molecule has 2 saturated heterocycles. The van der Waals surface area contributed by atoms with E-state index in [1.54, 1.807) is 0 Å². The van der Waals surface area contributed by atoms with E-state index in [1.807, 2.05) is 36.4 Å². The van der Waals surface area contributed by atoms with Gasteiger partial charge in [0.1, 0.15) is 12.2 Å². The Balaban J connectivity index is 1.48. The maximum atomic E-state index is 6.21. The van der Waals surface area contributed by atoms with Crippen molar-refractivity contribution < 1.29 is 9.05 Å². The molecule has 0 aromatic heterocycles. The number of hydrogen-bond acceptors (Lipinski definition) is 4. The highest BCUT2D eigenvalue weighted by molar-refractivity contribution is 7.62. The molecule has 21 heavy (non-hydrogen) atoms. The summed E-state index contributed by atoms with van der Waals surface area (Å²) < 4.78 is 12.4. The second kappa shape index (κ2) is 5.48. The molecule has 1 spiro atoms. The van der Waals surface area contributed by atoms with Crippen LogP contribution in [0.1, 0.15) is 23.3 Å². The lowest BCUT2D eigenvalue weighted by molar-refractivity contribution is 0.184. The maximum absolute atomic E-state index is 6.21. The van der Waals surface area contributed by atoms with Gasteiger partial charge in [0.25, 0.3) is 0 Å². The van der Waals surface area contributed by atoms with E-state index in [4.69, 9.17) is 9.05 Å². The highest BCUT2D eigenvalue weighted by Gasteiger charge is 2.58. The van der Waals surface area contributed by atoms with Gasteiger partial charge < -0.3 is 0 Å². The Hall–Kier alpha value is -1.29. The fourth-order valence-electron chi connectivity index (χ4n) is 2.76. The first-order valence-corrected chi connectivity index (χ1v) is 8.83. The average Bonchev–Trinajstić information content (AvgIpc) is 3.17. The molecule has 0 radical (unpaired) electrons. The van der Waals surface area contributed by atoms with Crippen LogP contribution < -0.4 is 10.2 Å². The lowest BCUT2D eigenvalue weighted by Crippen LogP contribution is -2.18. The fourth-order valence-corrected chi connectivity index (χ4v) is 5.14. The molecule has 4 rings (SSSR count). The molecule has 0 bridgehead atoms. The van der Waals surface area contributed by atoms with Gasteiger partial charge in [-0.25, -0.2) is 0 Å². The zero-order valence-corrected chi connectivity index (χ0v) is 12.5. The number of benzene rings is 2. The van der Waals surface area contributed by atoms with Crippen LogP contribution in [0.4, 0.5) is 0 Å². The summed E-state index contributed by atoms with van der Waals surface area (Å²) in [7, 11) is -2.14. The van der Waals surface area contributed by atoms with Crippen molar-refractivity contribution in [1.29, 1.82) is 0 Å². The maximum Gasteiger partial charge on any atom is 0.432 e. The molecular weight excluding hydrogens is 283 g/mol. The van der Waals surface area contributed by atoms with E-state index in [0.29, 0.717) is 0 Å². The van der Waals surface area contributed by atoms with Crippen LogP contribution in [0.2, 0.25) is 0 Å². The molecule has 108 valence electrons. The van der Waals surface area contributed by atoms with Crippen molar-refractivity contribution in [3.05, 3.63) is 71.8 Å². The monoisotopic (exact) mass is 301 g/mol. The molecule has 5 heteroatoms. The Labute approximate surface area is 125 Å². The van der Waals surface area contributed by atoms with Crippen molar-refractivity contribution in [1.82, 2.24) is 10.2 Å². The summed E-state index contributed by atoms with van der Waals surface area (Å²) in [6.45, 7) is 1.57. The van der Waals surface area contributed by atoms with Crippen molar-refractivity contribution in [3.63, 3.8) is 0 Å². The minimum absolute atomic E-state index is 0.0570. The largest absolute Gasteiger partial charge is 0.432 e. The quantitative estimate of drug-likeness (QED) is 0.835. The molecule has 2 heterocycles. The average molecular weight is 301 g/mol. The summed E-state index contributed by atoms with van der Waals surface area (Å²) in [5.74, 6) is 0. The number of nitrogens with one attached hydrogen (secondary N) is 2. The SMILES string of the molecule is c1ccc(C2CN[P+]3(NCC(c4ccccc4)O3)O2)cc1. The van der Waals surface area contributed by atoms with Crippen LogP contribution in [0.15, 0.2) is 60.7 Å². The molecule has 0 saturated carbocycles. The molecule has 2 aliphatic heterocycles. The van der Waals surface area contributed by atoms with E-state index in [2.05, 4.69) is 34.4 Å². The molecule has 2 aliphatic rings. The van der Waals surface area contributed by atoms with E-state index in [1.165, 1.54) is 11.1 Å². The summed E-state index contributed by atoms with van der Waals surface area (Å²) in [6, 6.07) is 20.6. The van der Waals surface area contributed by atoms with Gasteiger partial charge in [-0.05, 0) is 11.1 Å². The molecule has 2 aromatic rings. The van der Waals surface area contributed by atoms with Gasteiger partial charge in [-0.15, -0.1) is 10.2 Å². The van der Waals surface area contributed by atoms with Crippen molar-refractivity contribution in [2.24, 2.45) is 0 Å². The Morgan fingerprint density at radius 3 is 1.57 bits per heavy atom. The van der Waals surface area contributed by atoms with Gasteiger partial charge in [-0.3, -0.25) is 0 Å². The topological polar surface area (TPSA) is 42.5 Å². The molecule has 2 aromatic carbocycles. The van der Waals surface area contributed by atoms with Gasteiger partial charge in [0.2, 0.25) is 0 Å². The normalized spacial score (nSPS) is 31.8. The summed E-state index contributed by atoms with van der Waals surface area (Å²) in [4.78, 5) is 0. The smallest absolute Gasteiger partial charge is 0.163 e. The van der Waals surface area contributed by atoms with Crippen LogP contribution in [0.3, 0.4) is 0 Å². The highest BCUT2D eigenvalue weighted by atomic mass is 31.2. The van der Waals surface area contributed by atoms with Gasteiger partial charge in [-0.2, -0.15) is 9.05 Å². The second-order valence-corrected chi connectivity index (χ2v) is 7.44. The summed E-state index contributed by atoms with van der Waals surface area (Å²) in [5, 5.41) is 6.87. The van der Waals surface area contributed by atoms with Gasteiger partial charge in [0.05, 0.1) is 13.1 Å². The van der Waals surface area contributed by atoms with Crippen LogP contribution in [0, 0.1) is 0 Å². The summed E-state index contributed by atoms with van der Waals surface area (Å²) in [5.41, 5.74) is 2.38. The predicted molar refractivity (Wildman–Crippen MR) is 83.5 cm³/mol. The first-order valence-electron chi connectivity index (χ1n) is 7.21. The Kier molecular flexibility index (Phi) is 3.49. The van der Waals surface area contributed by atoms with Gasteiger partial charge in [0, 0.05) is 0 Å². The van der Waals surface area contributed by atoms with E-state index in [0.717, 1.165) is 13.1 Å². The molecule has 2 unspecified atom stereocenters. The lowest BCUT2D eigenvalue weighted by atomic mass is 10.1. The van der Waals surface area contributed by atoms with E-state index < -0.39 is 8.02 Å². The van der Waals surface area contributed by atoms with E-state index in [9.17, 15) is 0 Å². The molecule has 0 amide bonds. The Morgan fingerprint density at radius 1 is 0.714 bits per heavy atom. The van der Waals surface area contributed by atoms with E-state index >= 15 is 0 Å². The zero-order valence-electron chi connectivity index (χ0n) is 11.6. The van der Waals surface area contributed by atoms with Gasteiger partial charge in [0.15, 0.2) is 0 Å². The standard InChI is InChI=1S/C16H18N2O2P/c1-3-7-13(8-4-1)15-11-17-21(19-15)18-12-16(20-21)14-9-5-2-6-10-14/h1-10,15-18H,11-12H2/q+1. The third-order valence-corrected chi connectivity index (χ3v) is 6.16. The predicted octanol–water partition coefficient (Wildman–Crippen LogP) is 3.39. The minimum atomic E-state index is -2.14. The third kappa shape index (κ3) is 2.61. The van der Waals surface area contributed by atoms with Crippen LogP contribution in [-0.4, -0.2) is 13.1 Å². The molecule has 2 fully saturated rings. The number of rotatable bonds is 2. The molecular formula is C16H18N2O2P+. The third-order valence-electron chi connectivity index (χ3n) is 3.86. The van der Waals surface area contributed by atoms with Crippen LogP contribution in [0.25, 0.3) is 0 Å². The van der Waals surface area contributed by atoms with Crippen molar-refractivity contribution >= 4 is 8.02 Å². The molecule has 4 nitrogen and oxygen atoms in total. The molecule has 2 N–H and O–H groups in total. The molecule has 2 atom stereocenters. The Morgan fingerprint density at radius 2 is 1.14 bits per heavy atom. The second-order valence-electron chi connectivity index (χ2n) is 5.29. The highest BCUT2D eigenvalue weighted by Crippen LogP contribution is 2.65. The minimum Gasteiger partial charge on any atom is -0.163 e.